The molecule has 2 aromatic heterocycles. The van der Waals surface area contributed by atoms with Crippen molar-refractivity contribution in [3.05, 3.63) is 66.0 Å². The molecular formula is C26H22F3N5O3S. The van der Waals surface area contributed by atoms with E-state index < -0.39 is 22.3 Å². The van der Waals surface area contributed by atoms with Crippen LogP contribution < -0.4 is 9.64 Å². The predicted molar refractivity (Wildman–Crippen MR) is 134 cm³/mol. The second-order valence-electron chi connectivity index (χ2n) is 9.94. The first-order valence-electron chi connectivity index (χ1n) is 12.3. The van der Waals surface area contributed by atoms with Crippen LogP contribution in [0.15, 0.2) is 48.8 Å². The summed E-state index contributed by atoms with van der Waals surface area (Å²) < 4.78 is 71.8. The highest BCUT2D eigenvalue weighted by atomic mass is 32.2. The van der Waals surface area contributed by atoms with Gasteiger partial charge in [0.05, 0.1) is 28.6 Å². The molecule has 0 unspecified atom stereocenters. The first-order chi connectivity index (χ1) is 18.3. The predicted octanol–water partition coefficient (Wildman–Crippen LogP) is 4.18. The molecule has 8 nitrogen and oxygen atoms in total. The lowest BCUT2D eigenvalue weighted by molar-refractivity contribution is -0.0507. The summed E-state index contributed by atoms with van der Waals surface area (Å²) in [6.45, 7) is -2.32. The minimum absolute atomic E-state index is 0.0460. The topological polar surface area (TPSA) is 90.2 Å². The molecule has 3 aliphatic rings. The number of anilines is 1. The molecule has 0 bridgehead atoms. The maximum atomic E-state index is 15.3. The van der Waals surface area contributed by atoms with Crippen LogP contribution in [0.5, 0.6) is 5.75 Å². The van der Waals surface area contributed by atoms with Crippen LogP contribution >= 0.6 is 0 Å². The summed E-state index contributed by atoms with van der Waals surface area (Å²) in [5, 5.41) is 0. The molecule has 7 rings (SSSR count). The van der Waals surface area contributed by atoms with Crippen LogP contribution in [0.25, 0.3) is 22.2 Å². The van der Waals surface area contributed by atoms with E-state index in [9.17, 15) is 17.2 Å². The van der Waals surface area contributed by atoms with Gasteiger partial charge in [-0.25, -0.2) is 27.8 Å². The quantitative estimate of drug-likeness (QED) is 0.375. The Kier molecular flexibility index (Phi) is 5.19. The van der Waals surface area contributed by atoms with Crippen molar-refractivity contribution in [1.82, 2.24) is 19.5 Å². The number of rotatable bonds is 5. The fourth-order valence-corrected chi connectivity index (χ4v) is 7.00. The van der Waals surface area contributed by atoms with Crippen molar-refractivity contribution >= 4 is 26.8 Å². The largest absolute Gasteiger partial charge is 0.434 e. The first kappa shape index (κ1) is 23.4. The molecule has 196 valence electrons. The maximum Gasteiger partial charge on any atom is 0.387 e. The average molecular weight is 542 g/mol. The summed E-state index contributed by atoms with van der Waals surface area (Å²) >= 11 is 0. The molecular weight excluding hydrogens is 519 g/mol. The van der Waals surface area contributed by atoms with Gasteiger partial charge in [-0.05, 0) is 24.5 Å². The number of halogens is 3. The summed E-state index contributed by atoms with van der Waals surface area (Å²) in [4.78, 5) is 15.3. The van der Waals surface area contributed by atoms with E-state index in [1.54, 1.807) is 29.2 Å². The number of aromatic nitrogens is 4. The molecule has 2 fully saturated rings. The Balaban J connectivity index is 1.27. The van der Waals surface area contributed by atoms with Crippen LogP contribution in [-0.4, -0.2) is 59.1 Å². The number of sulfone groups is 1. The van der Waals surface area contributed by atoms with Gasteiger partial charge in [-0.15, -0.1) is 0 Å². The Morgan fingerprint density at radius 3 is 2.53 bits per heavy atom. The standard InChI is InChI=1S/C26H22F3N5O3S/c27-19-11-20-21(10-16(19)14-12-30-26(31-13-14)33-5-7-38(35,36)8-6-33)34-23(17-9-18(17)24(34)32-20)15-3-1-2-4-22(15)37-25(28)29/h1-4,10-13,17-18,23,25H,5-9H2/t17-,18+,23-/m0/s1. The number of hydrogen-bond donors (Lipinski definition) is 0. The third-order valence-corrected chi connectivity index (χ3v) is 9.30. The lowest BCUT2D eigenvalue weighted by Crippen LogP contribution is -2.41. The molecule has 2 aliphatic heterocycles. The minimum atomic E-state index is -3.04. The average Bonchev–Trinajstić information content (AvgIpc) is 3.49. The van der Waals surface area contributed by atoms with Gasteiger partial charge in [-0.3, -0.25) is 0 Å². The zero-order chi connectivity index (χ0) is 26.2. The van der Waals surface area contributed by atoms with Crippen LogP contribution in [0.2, 0.25) is 0 Å². The number of alkyl halides is 2. The van der Waals surface area contributed by atoms with Crippen molar-refractivity contribution in [1.29, 1.82) is 0 Å². The number of nitrogens with zero attached hydrogens (tertiary/aromatic N) is 5. The molecule has 1 saturated heterocycles. The van der Waals surface area contributed by atoms with Crippen molar-refractivity contribution in [2.45, 2.75) is 25.0 Å². The molecule has 38 heavy (non-hydrogen) atoms. The van der Waals surface area contributed by atoms with Crippen molar-refractivity contribution in [3.8, 4) is 16.9 Å². The van der Waals surface area contributed by atoms with E-state index >= 15 is 4.39 Å². The van der Waals surface area contributed by atoms with Crippen molar-refractivity contribution in [3.63, 3.8) is 0 Å². The number of para-hydroxylation sites is 1. The number of fused-ring (bicyclic) bond motifs is 5. The molecule has 1 aliphatic carbocycles. The van der Waals surface area contributed by atoms with Crippen LogP contribution in [-0.2, 0) is 9.84 Å². The van der Waals surface area contributed by atoms with Gasteiger partial charge in [0.1, 0.15) is 17.4 Å². The van der Waals surface area contributed by atoms with Crippen LogP contribution in [0.4, 0.5) is 19.1 Å². The zero-order valence-corrected chi connectivity index (χ0v) is 20.8. The van der Waals surface area contributed by atoms with E-state index in [0.29, 0.717) is 46.8 Å². The summed E-state index contributed by atoms with van der Waals surface area (Å²) in [6.07, 6.45) is 3.94. The Labute approximate surface area is 216 Å². The second kappa shape index (κ2) is 8.42. The van der Waals surface area contributed by atoms with E-state index in [4.69, 9.17) is 9.72 Å². The van der Waals surface area contributed by atoms with E-state index in [1.807, 2.05) is 4.57 Å². The lowest BCUT2D eigenvalue weighted by Gasteiger charge is -2.26. The first-order valence-corrected chi connectivity index (χ1v) is 14.1. The Bertz CT molecular complexity index is 1660. The molecule has 3 atom stereocenters. The number of benzene rings is 2. The van der Waals surface area contributed by atoms with E-state index in [2.05, 4.69) is 9.97 Å². The van der Waals surface area contributed by atoms with Crippen molar-refractivity contribution in [2.75, 3.05) is 29.5 Å². The SMILES string of the molecule is O=S1(=O)CCN(c2ncc(-c3cc4c(cc3F)nc3n4[C@@H](c4ccccc4OC(F)F)[C@H]4C[C@@H]34)cn2)CC1. The third-order valence-electron chi connectivity index (χ3n) is 7.69. The molecule has 0 N–H and O–H groups in total. The highest BCUT2D eigenvalue weighted by Crippen LogP contribution is 2.63. The summed E-state index contributed by atoms with van der Waals surface area (Å²) in [7, 11) is -3.04. The van der Waals surface area contributed by atoms with Gasteiger partial charge in [-0.1, -0.05) is 18.2 Å². The monoisotopic (exact) mass is 541 g/mol. The molecule has 12 heteroatoms. The number of imidazole rings is 1. The molecule has 0 amide bonds. The molecule has 4 aromatic rings. The van der Waals surface area contributed by atoms with Gasteiger partial charge < -0.3 is 14.2 Å². The molecule has 0 spiro atoms. The Morgan fingerprint density at radius 2 is 1.79 bits per heavy atom. The van der Waals surface area contributed by atoms with Gasteiger partial charge in [-0.2, -0.15) is 8.78 Å². The molecule has 4 heterocycles. The van der Waals surface area contributed by atoms with Crippen molar-refractivity contribution in [2.24, 2.45) is 5.92 Å². The van der Waals surface area contributed by atoms with E-state index in [0.717, 1.165) is 12.2 Å². The van der Waals surface area contributed by atoms with Gasteiger partial charge in [0, 0.05) is 54.2 Å². The Hall–Kier alpha value is -3.67. The zero-order valence-electron chi connectivity index (χ0n) is 20.0. The van der Waals surface area contributed by atoms with Crippen LogP contribution in [0, 0.1) is 11.7 Å². The van der Waals surface area contributed by atoms with E-state index in [1.165, 1.54) is 24.5 Å². The number of hydrogen-bond acceptors (Lipinski definition) is 7. The van der Waals surface area contributed by atoms with Gasteiger partial charge in [0.15, 0.2) is 9.84 Å². The minimum Gasteiger partial charge on any atom is -0.434 e. The van der Waals surface area contributed by atoms with Crippen LogP contribution in [0.3, 0.4) is 0 Å². The lowest BCUT2D eigenvalue weighted by atomic mass is 10.0. The van der Waals surface area contributed by atoms with Gasteiger partial charge in [0.25, 0.3) is 0 Å². The smallest absolute Gasteiger partial charge is 0.387 e. The Morgan fingerprint density at radius 1 is 1.05 bits per heavy atom. The highest BCUT2D eigenvalue weighted by molar-refractivity contribution is 7.91. The summed E-state index contributed by atoms with van der Waals surface area (Å²) in [5.41, 5.74) is 2.61. The maximum absolute atomic E-state index is 15.3. The summed E-state index contributed by atoms with van der Waals surface area (Å²) in [5.74, 6) is 1.37. The molecule has 1 saturated carbocycles. The normalized spacial score (nSPS) is 23.5. The fourth-order valence-electron chi connectivity index (χ4n) is 5.80. The van der Waals surface area contributed by atoms with E-state index in [-0.39, 0.29) is 35.1 Å². The van der Waals surface area contributed by atoms with Gasteiger partial charge >= 0.3 is 6.61 Å². The second-order valence-corrected chi connectivity index (χ2v) is 12.2. The fraction of sp³-hybridized carbons (Fsp3) is 0.346. The number of ether oxygens (including phenoxy) is 1. The van der Waals surface area contributed by atoms with Crippen LogP contribution in [0.1, 0.15) is 29.8 Å². The van der Waals surface area contributed by atoms with Gasteiger partial charge in [0.2, 0.25) is 5.95 Å². The summed E-state index contributed by atoms with van der Waals surface area (Å²) in [6, 6.07) is 9.63. The molecule has 0 radical (unpaired) electrons. The van der Waals surface area contributed by atoms with Crippen molar-refractivity contribution < 1.29 is 26.3 Å². The third kappa shape index (κ3) is 3.80. The highest BCUT2D eigenvalue weighted by Gasteiger charge is 2.55. The molecule has 2 aromatic carbocycles.